The lowest BCUT2D eigenvalue weighted by Crippen LogP contribution is -2.32. The Hall–Kier alpha value is -1.50. The van der Waals surface area contributed by atoms with Gasteiger partial charge in [0, 0.05) is 49.8 Å². The number of thiophene rings is 1. The number of hydrogen-bond acceptors (Lipinski definition) is 6. The summed E-state index contributed by atoms with van der Waals surface area (Å²) in [7, 11) is 0. The molecule has 6 heteroatoms. The molecule has 3 aliphatic rings. The first kappa shape index (κ1) is 17.6. The number of fused-ring (bicyclic) bond motifs is 1. The largest absolute Gasteiger partial charge is 0.381 e. The molecular formula is C21H28N4OS. The second-order valence-electron chi connectivity index (χ2n) is 8.42. The van der Waals surface area contributed by atoms with Crippen molar-refractivity contribution in [3.05, 3.63) is 29.0 Å². The molecule has 4 heterocycles. The van der Waals surface area contributed by atoms with E-state index >= 15 is 0 Å². The highest BCUT2D eigenvalue weighted by molar-refractivity contribution is 7.08. The van der Waals surface area contributed by atoms with E-state index in [1.807, 2.05) is 0 Å². The summed E-state index contributed by atoms with van der Waals surface area (Å²) in [6.07, 6.45) is 5.03. The molecule has 144 valence electrons. The van der Waals surface area contributed by atoms with Crippen molar-refractivity contribution < 1.29 is 4.74 Å². The third kappa shape index (κ3) is 4.03. The fourth-order valence-electron chi connectivity index (χ4n) is 5.14. The van der Waals surface area contributed by atoms with Crippen molar-refractivity contribution in [1.29, 1.82) is 0 Å². The van der Waals surface area contributed by atoms with E-state index in [1.165, 1.54) is 45.3 Å². The molecule has 5 nitrogen and oxygen atoms in total. The van der Waals surface area contributed by atoms with Gasteiger partial charge in [-0.05, 0) is 67.0 Å². The number of ether oxygens (including phenoxy) is 1. The van der Waals surface area contributed by atoms with E-state index < -0.39 is 0 Å². The number of hydrogen-bond donors (Lipinski definition) is 1. The third-order valence-corrected chi connectivity index (χ3v) is 7.20. The Morgan fingerprint density at radius 1 is 1.07 bits per heavy atom. The summed E-state index contributed by atoms with van der Waals surface area (Å²) in [4.78, 5) is 2.72. The Labute approximate surface area is 165 Å². The van der Waals surface area contributed by atoms with Crippen LogP contribution in [0.2, 0.25) is 0 Å². The van der Waals surface area contributed by atoms with Crippen molar-refractivity contribution in [3.8, 4) is 11.3 Å². The zero-order valence-corrected chi connectivity index (χ0v) is 16.5. The Balaban J connectivity index is 1.12. The summed E-state index contributed by atoms with van der Waals surface area (Å²) in [6.45, 7) is 5.77. The molecule has 5 rings (SSSR count). The van der Waals surface area contributed by atoms with Crippen LogP contribution in [-0.4, -0.2) is 54.0 Å². The summed E-state index contributed by atoms with van der Waals surface area (Å²) >= 11 is 1.69. The highest BCUT2D eigenvalue weighted by Gasteiger charge is 2.41. The van der Waals surface area contributed by atoms with Gasteiger partial charge in [-0.1, -0.05) is 0 Å². The van der Waals surface area contributed by atoms with Gasteiger partial charge < -0.3 is 15.0 Å². The van der Waals surface area contributed by atoms with Gasteiger partial charge in [0.25, 0.3) is 0 Å². The van der Waals surface area contributed by atoms with Crippen LogP contribution in [0.15, 0.2) is 29.0 Å². The second-order valence-corrected chi connectivity index (χ2v) is 9.20. The Morgan fingerprint density at radius 2 is 1.89 bits per heavy atom. The van der Waals surface area contributed by atoms with E-state index in [0.717, 1.165) is 48.0 Å². The van der Waals surface area contributed by atoms with Gasteiger partial charge in [0.05, 0.1) is 5.69 Å². The first-order valence-electron chi connectivity index (χ1n) is 10.3. The van der Waals surface area contributed by atoms with Gasteiger partial charge in [-0.3, -0.25) is 0 Å². The van der Waals surface area contributed by atoms with E-state index in [2.05, 4.69) is 49.4 Å². The van der Waals surface area contributed by atoms with E-state index in [1.54, 1.807) is 11.3 Å². The van der Waals surface area contributed by atoms with Gasteiger partial charge in [-0.25, -0.2) is 0 Å². The smallest absolute Gasteiger partial charge is 0.148 e. The van der Waals surface area contributed by atoms with Crippen LogP contribution in [0.4, 0.5) is 5.82 Å². The van der Waals surface area contributed by atoms with Crippen LogP contribution in [0, 0.1) is 17.8 Å². The molecule has 1 saturated carbocycles. The van der Waals surface area contributed by atoms with E-state index in [9.17, 15) is 0 Å². The zero-order valence-electron chi connectivity index (χ0n) is 15.7. The van der Waals surface area contributed by atoms with Crippen molar-refractivity contribution in [2.75, 3.05) is 38.2 Å². The predicted octanol–water partition coefficient (Wildman–Crippen LogP) is 3.75. The normalized spacial score (nSPS) is 29.1. The molecule has 3 atom stereocenters. The number of rotatable bonds is 5. The van der Waals surface area contributed by atoms with E-state index in [0.29, 0.717) is 6.04 Å². The number of nitrogens with zero attached hydrogens (tertiary/aromatic N) is 3. The molecule has 0 aromatic carbocycles. The Morgan fingerprint density at radius 3 is 2.56 bits per heavy atom. The highest BCUT2D eigenvalue weighted by atomic mass is 32.1. The Bertz CT molecular complexity index is 715. The monoisotopic (exact) mass is 384 g/mol. The molecule has 1 aliphatic carbocycles. The maximum Gasteiger partial charge on any atom is 0.148 e. The second kappa shape index (κ2) is 7.86. The lowest BCUT2D eigenvalue weighted by molar-refractivity contribution is 0.0545. The van der Waals surface area contributed by atoms with Gasteiger partial charge in [0.1, 0.15) is 5.82 Å². The minimum absolute atomic E-state index is 0.548. The minimum Gasteiger partial charge on any atom is -0.381 e. The van der Waals surface area contributed by atoms with Crippen LogP contribution in [-0.2, 0) is 4.74 Å². The standard InChI is InChI=1S/C21H28N4OS/c1-2-21(24-23-20(1)16-5-8-27-14-16)22-19-9-17-12-25(13-18(17)10-19)11-15-3-6-26-7-4-15/h1-2,5,8,14-15,17-19H,3-4,6-7,9-13H2,(H,22,24)/t17-,18+,19?. The number of anilines is 1. The van der Waals surface area contributed by atoms with E-state index in [-0.39, 0.29) is 0 Å². The van der Waals surface area contributed by atoms with Crippen molar-refractivity contribution in [2.24, 2.45) is 17.8 Å². The molecule has 0 radical (unpaired) electrons. The first-order valence-corrected chi connectivity index (χ1v) is 11.2. The molecule has 27 heavy (non-hydrogen) atoms. The molecule has 3 fully saturated rings. The lowest BCUT2D eigenvalue weighted by Gasteiger charge is -2.27. The van der Waals surface area contributed by atoms with Crippen LogP contribution < -0.4 is 5.32 Å². The number of nitrogens with one attached hydrogen (secondary N) is 1. The van der Waals surface area contributed by atoms with Gasteiger partial charge in [-0.15, -0.1) is 10.2 Å². The third-order valence-electron chi connectivity index (χ3n) is 6.52. The molecule has 2 aliphatic heterocycles. The average Bonchev–Trinajstić information content (AvgIpc) is 3.40. The maximum absolute atomic E-state index is 5.50. The van der Waals surface area contributed by atoms with Gasteiger partial charge >= 0.3 is 0 Å². The molecule has 0 spiro atoms. The van der Waals surface area contributed by atoms with Crippen molar-refractivity contribution >= 4 is 17.2 Å². The van der Waals surface area contributed by atoms with Crippen LogP contribution in [0.1, 0.15) is 25.7 Å². The molecule has 0 bridgehead atoms. The summed E-state index contributed by atoms with van der Waals surface area (Å²) in [5.74, 6) is 3.46. The number of aromatic nitrogens is 2. The van der Waals surface area contributed by atoms with Crippen LogP contribution >= 0.6 is 11.3 Å². The van der Waals surface area contributed by atoms with Crippen molar-refractivity contribution in [2.45, 2.75) is 31.7 Å². The van der Waals surface area contributed by atoms with Crippen molar-refractivity contribution in [1.82, 2.24) is 15.1 Å². The summed E-state index contributed by atoms with van der Waals surface area (Å²) in [6, 6.07) is 6.78. The molecule has 0 amide bonds. The molecule has 1 unspecified atom stereocenters. The molecule has 2 aromatic heterocycles. The summed E-state index contributed by atoms with van der Waals surface area (Å²) < 4.78 is 5.50. The molecule has 2 saturated heterocycles. The minimum atomic E-state index is 0.548. The zero-order chi connectivity index (χ0) is 18.1. The fourth-order valence-corrected chi connectivity index (χ4v) is 5.79. The molecular weight excluding hydrogens is 356 g/mol. The highest BCUT2D eigenvalue weighted by Crippen LogP contribution is 2.39. The van der Waals surface area contributed by atoms with E-state index in [4.69, 9.17) is 4.74 Å². The first-order chi connectivity index (χ1) is 13.3. The predicted molar refractivity (Wildman–Crippen MR) is 109 cm³/mol. The number of likely N-dealkylation sites (tertiary alicyclic amines) is 1. The van der Waals surface area contributed by atoms with Crippen LogP contribution in [0.25, 0.3) is 11.3 Å². The Kier molecular flexibility index (Phi) is 5.12. The lowest BCUT2D eigenvalue weighted by atomic mass is 10.00. The molecule has 2 aromatic rings. The fraction of sp³-hybridized carbons (Fsp3) is 0.619. The maximum atomic E-state index is 5.50. The SMILES string of the molecule is c1cc(-c2ccc(NC3C[C@@H]4CN(CC5CCOCC5)C[C@@H]4C3)nn2)cs1. The van der Waals surface area contributed by atoms with Crippen molar-refractivity contribution in [3.63, 3.8) is 0 Å². The summed E-state index contributed by atoms with van der Waals surface area (Å²) in [5, 5.41) is 16.6. The molecule has 1 N–H and O–H groups in total. The van der Waals surface area contributed by atoms with Gasteiger partial charge in [-0.2, -0.15) is 11.3 Å². The van der Waals surface area contributed by atoms with Crippen LogP contribution in [0.5, 0.6) is 0 Å². The average molecular weight is 385 g/mol. The van der Waals surface area contributed by atoms with Gasteiger partial charge in [0.15, 0.2) is 0 Å². The van der Waals surface area contributed by atoms with Crippen LogP contribution in [0.3, 0.4) is 0 Å². The topological polar surface area (TPSA) is 50.3 Å². The summed E-state index contributed by atoms with van der Waals surface area (Å²) in [5.41, 5.74) is 2.10. The van der Waals surface area contributed by atoms with Gasteiger partial charge in [0.2, 0.25) is 0 Å². The quantitative estimate of drug-likeness (QED) is 0.851.